The highest BCUT2D eigenvalue weighted by molar-refractivity contribution is 6.29. The smallest absolute Gasteiger partial charge is 0.451 e. The van der Waals surface area contributed by atoms with E-state index < -0.39 is 12.0 Å². The minimum atomic E-state index is -4.64. The average Bonchev–Trinajstić information content (AvgIpc) is 2.44. The Labute approximate surface area is 124 Å². The van der Waals surface area contributed by atoms with Gasteiger partial charge in [-0.15, -0.1) is 0 Å². The van der Waals surface area contributed by atoms with E-state index in [1.165, 1.54) is 6.07 Å². The van der Waals surface area contributed by atoms with E-state index in [-0.39, 0.29) is 10.8 Å². The number of benzene rings is 1. The van der Waals surface area contributed by atoms with Gasteiger partial charge in [0, 0.05) is 11.6 Å². The lowest BCUT2D eigenvalue weighted by Crippen LogP contribution is -2.11. The Morgan fingerprint density at radius 3 is 2.38 bits per heavy atom. The monoisotopic (exact) mass is 316 g/mol. The topological polar surface area (TPSA) is 35.0 Å². The van der Waals surface area contributed by atoms with Gasteiger partial charge in [0.1, 0.15) is 10.9 Å². The number of nitrogens with zero attached hydrogens (tertiary/aromatic N) is 2. The number of aromatic nitrogens is 2. The Hall–Kier alpha value is -1.82. The van der Waals surface area contributed by atoms with E-state index in [0.29, 0.717) is 17.9 Å². The number of hydrogen-bond donors (Lipinski definition) is 0. The summed E-state index contributed by atoms with van der Waals surface area (Å²) in [5.41, 5.74) is 0.623. The van der Waals surface area contributed by atoms with Crippen LogP contribution in [-0.2, 0) is 6.18 Å². The van der Waals surface area contributed by atoms with Crippen LogP contribution in [0.2, 0.25) is 5.15 Å². The second-order valence-corrected chi connectivity index (χ2v) is 4.66. The molecule has 2 aromatic rings. The highest BCUT2D eigenvalue weighted by atomic mass is 35.5. The summed E-state index contributed by atoms with van der Waals surface area (Å²) in [6.45, 7) is 2.56. The second kappa shape index (κ2) is 6.30. The predicted molar refractivity (Wildman–Crippen MR) is 73.3 cm³/mol. The van der Waals surface area contributed by atoms with Crippen molar-refractivity contribution >= 4 is 11.6 Å². The van der Waals surface area contributed by atoms with Gasteiger partial charge in [-0.05, 0) is 30.7 Å². The van der Waals surface area contributed by atoms with Crippen molar-refractivity contribution in [3.05, 3.63) is 41.3 Å². The normalized spacial score (nSPS) is 11.5. The summed E-state index contributed by atoms with van der Waals surface area (Å²) < 4.78 is 43.4. The Balaban J connectivity index is 2.31. The average molecular weight is 317 g/mol. The highest BCUT2D eigenvalue weighted by Gasteiger charge is 2.35. The molecule has 7 heteroatoms. The van der Waals surface area contributed by atoms with Gasteiger partial charge in [0.05, 0.1) is 12.3 Å². The molecule has 0 amide bonds. The SMILES string of the molecule is CCCOc1ccc(-c2cc(Cl)nc(C(F)(F)F)n2)cc1. The van der Waals surface area contributed by atoms with Crippen molar-refractivity contribution in [1.82, 2.24) is 9.97 Å². The molecule has 0 aliphatic carbocycles. The van der Waals surface area contributed by atoms with Crippen molar-refractivity contribution in [2.75, 3.05) is 6.61 Å². The Bertz CT molecular complexity index is 615. The predicted octanol–water partition coefficient (Wildman–Crippen LogP) is 4.60. The van der Waals surface area contributed by atoms with Crippen LogP contribution in [0.5, 0.6) is 5.75 Å². The van der Waals surface area contributed by atoms with E-state index in [4.69, 9.17) is 16.3 Å². The van der Waals surface area contributed by atoms with Gasteiger partial charge in [0.25, 0.3) is 0 Å². The largest absolute Gasteiger partial charge is 0.494 e. The van der Waals surface area contributed by atoms with Gasteiger partial charge in [-0.3, -0.25) is 0 Å². The van der Waals surface area contributed by atoms with Crippen molar-refractivity contribution in [2.24, 2.45) is 0 Å². The molecule has 0 radical (unpaired) electrons. The fraction of sp³-hybridized carbons (Fsp3) is 0.286. The molecule has 0 saturated carbocycles. The van der Waals surface area contributed by atoms with Gasteiger partial charge in [-0.2, -0.15) is 13.2 Å². The number of alkyl halides is 3. The third kappa shape index (κ3) is 4.07. The maximum Gasteiger partial charge on any atom is 0.451 e. The lowest BCUT2D eigenvalue weighted by molar-refractivity contribution is -0.144. The lowest BCUT2D eigenvalue weighted by atomic mass is 10.1. The summed E-state index contributed by atoms with van der Waals surface area (Å²) in [5.74, 6) is -0.604. The summed E-state index contributed by atoms with van der Waals surface area (Å²) >= 11 is 5.63. The molecule has 1 aromatic carbocycles. The van der Waals surface area contributed by atoms with Crippen LogP contribution in [-0.4, -0.2) is 16.6 Å². The molecule has 112 valence electrons. The van der Waals surface area contributed by atoms with E-state index in [9.17, 15) is 13.2 Å². The van der Waals surface area contributed by atoms with Gasteiger partial charge in [0.15, 0.2) is 0 Å². The van der Waals surface area contributed by atoms with Gasteiger partial charge >= 0.3 is 6.18 Å². The molecule has 0 bridgehead atoms. The van der Waals surface area contributed by atoms with Crippen LogP contribution in [0.1, 0.15) is 19.2 Å². The van der Waals surface area contributed by atoms with Crippen LogP contribution in [0, 0.1) is 0 Å². The van der Waals surface area contributed by atoms with Crippen LogP contribution in [0.3, 0.4) is 0 Å². The first-order valence-corrected chi connectivity index (χ1v) is 6.63. The quantitative estimate of drug-likeness (QED) is 0.773. The van der Waals surface area contributed by atoms with Gasteiger partial charge in [-0.1, -0.05) is 18.5 Å². The zero-order chi connectivity index (χ0) is 15.5. The number of halogens is 4. The molecule has 0 saturated heterocycles. The summed E-state index contributed by atoms with van der Waals surface area (Å²) in [6.07, 6.45) is -3.76. The van der Waals surface area contributed by atoms with Crippen molar-refractivity contribution in [3.8, 4) is 17.0 Å². The molecule has 1 heterocycles. The van der Waals surface area contributed by atoms with Crippen LogP contribution >= 0.6 is 11.6 Å². The van der Waals surface area contributed by atoms with Crippen molar-refractivity contribution in [2.45, 2.75) is 19.5 Å². The van der Waals surface area contributed by atoms with Gasteiger partial charge < -0.3 is 4.74 Å². The molecule has 0 fully saturated rings. The van der Waals surface area contributed by atoms with E-state index in [1.807, 2.05) is 6.92 Å². The third-order valence-electron chi connectivity index (χ3n) is 2.57. The molecule has 0 atom stereocenters. The Kier molecular flexibility index (Phi) is 4.67. The molecular formula is C14H12ClF3N2O. The summed E-state index contributed by atoms with van der Waals surface area (Å²) in [7, 11) is 0. The first kappa shape index (κ1) is 15.6. The van der Waals surface area contributed by atoms with Crippen LogP contribution < -0.4 is 4.74 Å². The molecule has 0 unspecified atom stereocenters. The van der Waals surface area contributed by atoms with Gasteiger partial charge in [-0.25, -0.2) is 9.97 Å². The van der Waals surface area contributed by atoms with Crippen LogP contribution in [0.4, 0.5) is 13.2 Å². The second-order valence-electron chi connectivity index (χ2n) is 4.27. The van der Waals surface area contributed by atoms with E-state index in [0.717, 1.165) is 6.42 Å². The van der Waals surface area contributed by atoms with Crippen LogP contribution in [0.25, 0.3) is 11.3 Å². The Morgan fingerprint density at radius 1 is 1.14 bits per heavy atom. The van der Waals surface area contributed by atoms with Crippen molar-refractivity contribution < 1.29 is 17.9 Å². The first-order valence-electron chi connectivity index (χ1n) is 6.25. The third-order valence-corrected chi connectivity index (χ3v) is 2.76. The molecular weight excluding hydrogens is 305 g/mol. The number of hydrogen-bond acceptors (Lipinski definition) is 3. The van der Waals surface area contributed by atoms with Crippen LogP contribution in [0.15, 0.2) is 30.3 Å². The minimum Gasteiger partial charge on any atom is -0.494 e. The molecule has 0 aliphatic rings. The molecule has 0 N–H and O–H groups in total. The van der Waals surface area contributed by atoms with E-state index in [2.05, 4.69) is 9.97 Å². The zero-order valence-corrected chi connectivity index (χ0v) is 11.9. The summed E-state index contributed by atoms with van der Waals surface area (Å²) in [4.78, 5) is 6.70. The molecule has 3 nitrogen and oxygen atoms in total. The molecule has 21 heavy (non-hydrogen) atoms. The molecule has 1 aromatic heterocycles. The molecule has 0 spiro atoms. The standard InChI is InChI=1S/C14H12ClF3N2O/c1-2-7-21-10-5-3-9(4-6-10)11-8-12(15)20-13(19-11)14(16,17)18/h3-6,8H,2,7H2,1H3. The maximum atomic E-state index is 12.7. The molecule has 2 rings (SSSR count). The van der Waals surface area contributed by atoms with Crippen molar-refractivity contribution in [3.63, 3.8) is 0 Å². The summed E-state index contributed by atoms with van der Waals surface area (Å²) in [5, 5.41) is -0.251. The fourth-order valence-electron chi connectivity index (χ4n) is 1.63. The van der Waals surface area contributed by atoms with Crippen molar-refractivity contribution in [1.29, 1.82) is 0 Å². The van der Waals surface area contributed by atoms with E-state index >= 15 is 0 Å². The lowest BCUT2D eigenvalue weighted by Gasteiger charge is -2.09. The maximum absolute atomic E-state index is 12.7. The first-order chi connectivity index (χ1) is 9.90. The van der Waals surface area contributed by atoms with Gasteiger partial charge in [0.2, 0.25) is 5.82 Å². The summed E-state index contributed by atoms with van der Waals surface area (Å²) in [6, 6.07) is 7.90. The zero-order valence-electron chi connectivity index (χ0n) is 11.1. The van der Waals surface area contributed by atoms with E-state index in [1.54, 1.807) is 24.3 Å². The Morgan fingerprint density at radius 2 is 1.81 bits per heavy atom. The fourth-order valence-corrected chi connectivity index (χ4v) is 1.82. The minimum absolute atomic E-state index is 0.115. The number of rotatable bonds is 4. The highest BCUT2D eigenvalue weighted by Crippen LogP contribution is 2.30. The number of ether oxygens (including phenoxy) is 1. The molecule has 0 aliphatic heterocycles.